The maximum absolute atomic E-state index is 12.7. The van der Waals surface area contributed by atoms with Crippen molar-refractivity contribution in [2.45, 2.75) is 6.54 Å². The number of aromatic nitrogens is 1. The summed E-state index contributed by atoms with van der Waals surface area (Å²) in [5.74, 6) is -1.60. The van der Waals surface area contributed by atoms with E-state index in [9.17, 15) is 19.2 Å². The van der Waals surface area contributed by atoms with Gasteiger partial charge >= 0.3 is 11.9 Å². The quantitative estimate of drug-likeness (QED) is 0.406. The molecule has 8 nitrogen and oxygen atoms in total. The molecular formula is C24H20N2O6S. The predicted octanol–water partition coefficient (Wildman–Crippen LogP) is 3.69. The fourth-order valence-electron chi connectivity index (χ4n) is 3.60. The Morgan fingerprint density at radius 2 is 1.82 bits per heavy atom. The molecular weight excluding hydrogens is 444 g/mol. The van der Waals surface area contributed by atoms with Crippen LogP contribution in [0, 0.1) is 0 Å². The van der Waals surface area contributed by atoms with E-state index in [-0.39, 0.29) is 4.91 Å². The van der Waals surface area contributed by atoms with E-state index in [1.54, 1.807) is 24.3 Å². The number of methoxy groups -OCH3 is 2. The number of esters is 2. The van der Waals surface area contributed by atoms with E-state index in [4.69, 9.17) is 4.74 Å². The summed E-state index contributed by atoms with van der Waals surface area (Å²) < 4.78 is 11.4. The highest BCUT2D eigenvalue weighted by molar-refractivity contribution is 8.18. The summed E-state index contributed by atoms with van der Waals surface area (Å²) in [5, 5.41) is 0.390. The molecule has 0 radical (unpaired) electrons. The van der Waals surface area contributed by atoms with Crippen molar-refractivity contribution in [2.75, 3.05) is 20.8 Å². The lowest BCUT2D eigenvalue weighted by atomic mass is 10.1. The van der Waals surface area contributed by atoms with Crippen LogP contribution in [-0.4, -0.2) is 53.3 Å². The Bertz CT molecular complexity index is 1310. The van der Waals surface area contributed by atoms with Gasteiger partial charge < -0.3 is 14.0 Å². The van der Waals surface area contributed by atoms with E-state index in [0.29, 0.717) is 12.1 Å². The normalized spacial score (nSPS) is 14.8. The first-order valence-corrected chi connectivity index (χ1v) is 10.8. The van der Waals surface area contributed by atoms with Crippen molar-refractivity contribution in [2.24, 2.45) is 0 Å². The number of fused-ring (bicyclic) bond motifs is 1. The fourth-order valence-corrected chi connectivity index (χ4v) is 4.43. The summed E-state index contributed by atoms with van der Waals surface area (Å²) in [6.45, 7) is 0.0693. The number of hydrogen-bond acceptors (Lipinski definition) is 7. The van der Waals surface area contributed by atoms with E-state index >= 15 is 0 Å². The van der Waals surface area contributed by atoms with Crippen LogP contribution in [0.25, 0.3) is 17.0 Å². The molecule has 0 saturated carbocycles. The number of carbonyl (C=O) groups excluding carboxylic acids is 4. The van der Waals surface area contributed by atoms with Gasteiger partial charge in [-0.05, 0) is 41.6 Å². The second-order valence-electron chi connectivity index (χ2n) is 7.27. The van der Waals surface area contributed by atoms with Gasteiger partial charge in [-0.2, -0.15) is 0 Å². The molecule has 2 amide bonds. The lowest BCUT2D eigenvalue weighted by molar-refractivity contribution is -0.143. The van der Waals surface area contributed by atoms with Crippen LogP contribution in [0.5, 0.6) is 0 Å². The third-order valence-corrected chi connectivity index (χ3v) is 6.10. The summed E-state index contributed by atoms with van der Waals surface area (Å²) >= 11 is 0.789. The molecule has 1 aliphatic heterocycles. The van der Waals surface area contributed by atoms with E-state index in [1.165, 1.54) is 14.2 Å². The van der Waals surface area contributed by atoms with Gasteiger partial charge in [0.15, 0.2) is 0 Å². The van der Waals surface area contributed by atoms with E-state index in [2.05, 4.69) is 4.74 Å². The van der Waals surface area contributed by atoms with Crippen LogP contribution in [0.4, 0.5) is 4.79 Å². The third-order valence-electron chi connectivity index (χ3n) is 5.20. The van der Waals surface area contributed by atoms with Gasteiger partial charge in [-0.1, -0.05) is 30.3 Å². The molecule has 0 unspecified atom stereocenters. The zero-order valence-electron chi connectivity index (χ0n) is 17.9. The minimum absolute atomic E-state index is 0.236. The molecule has 0 atom stereocenters. The van der Waals surface area contributed by atoms with Crippen molar-refractivity contribution in [3.63, 3.8) is 0 Å². The minimum atomic E-state index is -0.663. The molecule has 168 valence electrons. The van der Waals surface area contributed by atoms with Crippen LogP contribution in [-0.2, 0) is 25.6 Å². The lowest BCUT2D eigenvalue weighted by Gasteiger charge is -2.09. The van der Waals surface area contributed by atoms with Crippen LogP contribution >= 0.6 is 11.8 Å². The summed E-state index contributed by atoms with van der Waals surface area (Å²) in [6, 6.07) is 14.9. The average Bonchev–Trinajstić information content (AvgIpc) is 3.30. The van der Waals surface area contributed by atoms with Gasteiger partial charge in [0.2, 0.25) is 0 Å². The van der Waals surface area contributed by atoms with Crippen molar-refractivity contribution in [3.05, 3.63) is 76.3 Å². The highest BCUT2D eigenvalue weighted by Gasteiger charge is 2.36. The molecule has 33 heavy (non-hydrogen) atoms. The molecule has 4 rings (SSSR count). The Balaban J connectivity index is 1.67. The van der Waals surface area contributed by atoms with Crippen molar-refractivity contribution in [1.82, 2.24) is 9.47 Å². The standard InChI is InChI=1S/C24H20N2O6S/c1-31-21(27)14-26-22(28)20(33-24(26)30)11-17-13-25(19-9-4-3-8-18(17)19)12-15-6-5-7-16(10-15)23(29)32-2/h3-11,13H,12,14H2,1-2H3. The Hall–Kier alpha value is -3.85. The van der Waals surface area contributed by atoms with Crippen LogP contribution < -0.4 is 0 Å². The third kappa shape index (κ3) is 4.54. The summed E-state index contributed by atoms with van der Waals surface area (Å²) in [4.78, 5) is 49.4. The van der Waals surface area contributed by atoms with Crippen molar-refractivity contribution >= 4 is 51.8 Å². The molecule has 2 heterocycles. The number of amides is 2. The van der Waals surface area contributed by atoms with Gasteiger partial charge in [0.25, 0.3) is 11.1 Å². The molecule has 0 bridgehead atoms. The number of thioether (sulfide) groups is 1. The Labute approximate surface area is 193 Å². The second-order valence-corrected chi connectivity index (χ2v) is 8.26. The molecule has 0 spiro atoms. The second kappa shape index (κ2) is 9.33. The first-order chi connectivity index (χ1) is 15.9. The smallest absolute Gasteiger partial charge is 0.337 e. The van der Waals surface area contributed by atoms with Crippen molar-refractivity contribution < 1.29 is 28.7 Å². The van der Waals surface area contributed by atoms with Gasteiger partial charge in [-0.25, -0.2) is 4.79 Å². The van der Waals surface area contributed by atoms with Gasteiger partial charge in [-0.3, -0.25) is 19.3 Å². The largest absolute Gasteiger partial charge is 0.468 e. The number of carbonyl (C=O) groups is 4. The SMILES string of the molecule is COC(=O)CN1C(=O)SC(=Cc2cn(Cc3cccc(C(=O)OC)c3)c3ccccc23)C1=O. The molecule has 9 heteroatoms. The number of nitrogens with zero attached hydrogens (tertiary/aromatic N) is 2. The average molecular weight is 464 g/mol. The monoisotopic (exact) mass is 464 g/mol. The Kier molecular flexibility index (Phi) is 6.32. The van der Waals surface area contributed by atoms with E-state index in [0.717, 1.165) is 38.7 Å². The molecule has 1 saturated heterocycles. The molecule has 0 aliphatic carbocycles. The first-order valence-electron chi connectivity index (χ1n) is 9.98. The highest BCUT2D eigenvalue weighted by Crippen LogP contribution is 2.34. The number of hydrogen-bond donors (Lipinski definition) is 0. The van der Waals surface area contributed by atoms with Crippen molar-refractivity contribution in [1.29, 1.82) is 0 Å². The number of imide groups is 1. The van der Waals surface area contributed by atoms with Crippen LogP contribution in [0.15, 0.2) is 59.6 Å². The zero-order valence-corrected chi connectivity index (χ0v) is 18.8. The van der Waals surface area contributed by atoms with Gasteiger partial charge in [0.1, 0.15) is 6.54 Å². The molecule has 1 fully saturated rings. The highest BCUT2D eigenvalue weighted by atomic mass is 32.2. The maximum atomic E-state index is 12.7. The van der Waals surface area contributed by atoms with E-state index in [1.807, 2.05) is 41.1 Å². The van der Waals surface area contributed by atoms with Crippen molar-refractivity contribution in [3.8, 4) is 0 Å². The Morgan fingerprint density at radius 1 is 1.03 bits per heavy atom. The number of ether oxygens (including phenoxy) is 2. The lowest BCUT2D eigenvalue weighted by Crippen LogP contribution is -2.34. The fraction of sp³-hybridized carbons (Fsp3) is 0.167. The van der Waals surface area contributed by atoms with Crippen LogP contribution in [0.2, 0.25) is 0 Å². The van der Waals surface area contributed by atoms with Gasteiger partial charge in [0, 0.05) is 29.2 Å². The summed E-state index contributed by atoms with van der Waals surface area (Å²) in [7, 11) is 2.54. The molecule has 1 aromatic heterocycles. The van der Waals surface area contributed by atoms with Crippen LogP contribution in [0.3, 0.4) is 0 Å². The van der Waals surface area contributed by atoms with Gasteiger partial charge in [-0.15, -0.1) is 0 Å². The van der Waals surface area contributed by atoms with E-state index < -0.39 is 29.6 Å². The molecule has 0 N–H and O–H groups in total. The topological polar surface area (TPSA) is 94.9 Å². The predicted molar refractivity (Wildman–Crippen MR) is 124 cm³/mol. The van der Waals surface area contributed by atoms with Gasteiger partial charge in [0.05, 0.1) is 24.7 Å². The molecule has 3 aromatic rings. The molecule has 2 aromatic carbocycles. The zero-order chi connectivity index (χ0) is 23.5. The van der Waals surface area contributed by atoms with Crippen LogP contribution in [0.1, 0.15) is 21.5 Å². The summed E-state index contributed by atoms with van der Waals surface area (Å²) in [5.41, 5.74) is 3.06. The maximum Gasteiger partial charge on any atom is 0.337 e. The number of para-hydroxylation sites is 1. The Morgan fingerprint density at radius 3 is 2.58 bits per heavy atom. The number of benzene rings is 2. The first kappa shape index (κ1) is 22.3. The minimum Gasteiger partial charge on any atom is -0.468 e. The summed E-state index contributed by atoms with van der Waals surface area (Å²) in [6.07, 6.45) is 3.55. The molecule has 1 aliphatic rings. The number of rotatable bonds is 6.